The maximum Gasteiger partial charge on any atom is 0.417 e. The van der Waals surface area contributed by atoms with Crippen LogP contribution in [-0.2, 0) is 18.0 Å². The first kappa shape index (κ1) is 19.6. The Morgan fingerprint density at radius 1 is 1.25 bits per heavy atom. The topological polar surface area (TPSA) is 69.0 Å². The number of halogens is 4. The van der Waals surface area contributed by atoms with E-state index in [2.05, 4.69) is 15.4 Å². The highest BCUT2D eigenvalue weighted by molar-refractivity contribution is 5.94. The number of pyridine rings is 1. The van der Waals surface area contributed by atoms with Gasteiger partial charge in [0.15, 0.2) is 11.8 Å². The van der Waals surface area contributed by atoms with Crippen LogP contribution in [0.1, 0.15) is 18.2 Å². The Kier molecular flexibility index (Phi) is 4.97. The van der Waals surface area contributed by atoms with Crippen molar-refractivity contribution in [3.63, 3.8) is 0 Å². The quantitative estimate of drug-likeness (QED) is 0.681. The number of amides is 1. The number of alkyl halides is 3. The molecule has 6 nitrogen and oxygen atoms in total. The molecule has 3 rings (SSSR count). The van der Waals surface area contributed by atoms with Gasteiger partial charge in [0.25, 0.3) is 5.91 Å². The molecule has 28 heavy (non-hydrogen) atoms. The first-order valence-electron chi connectivity index (χ1n) is 8.21. The summed E-state index contributed by atoms with van der Waals surface area (Å²) in [7, 11) is 1.47. The molecule has 1 aromatic carbocycles. The highest BCUT2D eigenvalue weighted by atomic mass is 19.4. The number of aryl methyl sites for hydroxylation is 2. The number of hydrogen-bond acceptors (Lipinski definition) is 4. The fraction of sp³-hybridized carbons (Fsp3) is 0.278. The van der Waals surface area contributed by atoms with E-state index in [0.29, 0.717) is 5.69 Å². The van der Waals surface area contributed by atoms with Gasteiger partial charge in [0.2, 0.25) is 5.88 Å². The van der Waals surface area contributed by atoms with Gasteiger partial charge in [0.05, 0.1) is 16.6 Å². The minimum absolute atomic E-state index is 0.00605. The number of hydrogen-bond donors (Lipinski definition) is 1. The summed E-state index contributed by atoms with van der Waals surface area (Å²) in [5.74, 6) is -1.45. The van der Waals surface area contributed by atoms with Crippen LogP contribution in [0.5, 0.6) is 5.88 Å². The molecule has 0 saturated carbocycles. The standard InChI is InChI=1S/C18H16F4N4O2/c1-9-15-13(18(20,21)22)8-14(24-16(15)26(3)25-9)28-10(2)17(27)23-12-6-4-11(19)5-7-12/h4-8,10H,1-3H3,(H,23,27). The van der Waals surface area contributed by atoms with Crippen molar-refractivity contribution in [3.05, 3.63) is 47.4 Å². The van der Waals surface area contributed by atoms with Gasteiger partial charge in [-0.2, -0.15) is 23.3 Å². The van der Waals surface area contributed by atoms with Crippen molar-refractivity contribution >= 4 is 22.6 Å². The van der Waals surface area contributed by atoms with Crippen LogP contribution in [0.3, 0.4) is 0 Å². The largest absolute Gasteiger partial charge is 0.464 e. The number of aromatic nitrogens is 3. The second-order valence-corrected chi connectivity index (χ2v) is 6.17. The Bertz CT molecular complexity index is 1030. The Labute approximate surface area is 157 Å². The lowest BCUT2D eigenvalue weighted by molar-refractivity contribution is -0.136. The minimum atomic E-state index is -4.65. The molecule has 0 radical (unpaired) electrons. The molecule has 0 fully saturated rings. The Morgan fingerprint density at radius 3 is 2.50 bits per heavy atom. The number of anilines is 1. The number of nitrogens with one attached hydrogen (secondary N) is 1. The van der Waals surface area contributed by atoms with Crippen LogP contribution >= 0.6 is 0 Å². The lowest BCUT2D eigenvalue weighted by Gasteiger charge is -2.16. The molecule has 148 valence electrons. The van der Waals surface area contributed by atoms with E-state index in [0.717, 1.165) is 18.2 Å². The second-order valence-electron chi connectivity index (χ2n) is 6.17. The van der Waals surface area contributed by atoms with E-state index < -0.39 is 29.6 Å². The Hall–Kier alpha value is -3.17. The summed E-state index contributed by atoms with van der Waals surface area (Å²) in [6, 6.07) is 5.78. The van der Waals surface area contributed by atoms with Crippen LogP contribution < -0.4 is 10.1 Å². The third-order valence-corrected chi connectivity index (χ3v) is 4.03. The van der Waals surface area contributed by atoms with Crippen molar-refractivity contribution in [3.8, 4) is 5.88 Å². The van der Waals surface area contributed by atoms with Gasteiger partial charge < -0.3 is 10.1 Å². The van der Waals surface area contributed by atoms with Crippen molar-refractivity contribution in [2.45, 2.75) is 26.1 Å². The van der Waals surface area contributed by atoms with Gasteiger partial charge in [-0.3, -0.25) is 9.48 Å². The number of ether oxygens (including phenoxy) is 1. The highest BCUT2D eigenvalue weighted by Gasteiger charge is 2.36. The number of rotatable bonds is 4. The first-order chi connectivity index (χ1) is 13.1. The summed E-state index contributed by atoms with van der Waals surface area (Å²) < 4.78 is 59.9. The van der Waals surface area contributed by atoms with Crippen LogP contribution in [0.4, 0.5) is 23.2 Å². The van der Waals surface area contributed by atoms with E-state index in [9.17, 15) is 22.4 Å². The predicted octanol–water partition coefficient (Wildman–Crippen LogP) is 3.84. The number of nitrogens with zero attached hydrogens (tertiary/aromatic N) is 3. The maximum atomic E-state index is 13.5. The third kappa shape index (κ3) is 3.90. The molecule has 0 saturated heterocycles. The van der Waals surface area contributed by atoms with E-state index in [1.807, 2.05) is 0 Å². The number of benzene rings is 1. The van der Waals surface area contributed by atoms with Gasteiger partial charge in [-0.25, -0.2) is 4.39 Å². The van der Waals surface area contributed by atoms with Crippen LogP contribution in [-0.4, -0.2) is 26.8 Å². The molecule has 0 spiro atoms. The molecule has 10 heteroatoms. The van der Waals surface area contributed by atoms with E-state index in [1.54, 1.807) is 0 Å². The molecule has 0 bridgehead atoms. The van der Waals surface area contributed by atoms with Gasteiger partial charge in [0.1, 0.15) is 5.82 Å². The van der Waals surface area contributed by atoms with Crippen molar-refractivity contribution < 1.29 is 27.1 Å². The number of fused-ring (bicyclic) bond motifs is 1. The third-order valence-electron chi connectivity index (χ3n) is 4.03. The van der Waals surface area contributed by atoms with Crippen molar-refractivity contribution in [1.82, 2.24) is 14.8 Å². The fourth-order valence-electron chi connectivity index (χ4n) is 2.72. The summed E-state index contributed by atoms with van der Waals surface area (Å²) in [5, 5.41) is 6.34. The monoisotopic (exact) mass is 396 g/mol. The first-order valence-corrected chi connectivity index (χ1v) is 8.21. The zero-order valence-corrected chi connectivity index (χ0v) is 15.1. The van der Waals surface area contributed by atoms with Gasteiger partial charge in [0, 0.05) is 18.8 Å². The molecule has 0 aliphatic rings. The summed E-state index contributed by atoms with van der Waals surface area (Å²) in [6.45, 7) is 2.82. The predicted molar refractivity (Wildman–Crippen MR) is 93.4 cm³/mol. The van der Waals surface area contributed by atoms with Gasteiger partial charge in [-0.05, 0) is 38.1 Å². The Morgan fingerprint density at radius 2 is 1.89 bits per heavy atom. The number of carbonyl (C=O) groups is 1. The fourth-order valence-corrected chi connectivity index (χ4v) is 2.72. The second kappa shape index (κ2) is 7.10. The SMILES string of the molecule is Cc1nn(C)c2nc(OC(C)C(=O)Nc3ccc(F)cc3)cc(C(F)(F)F)c12. The lowest BCUT2D eigenvalue weighted by Crippen LogP contribution is -2.30. The van der Waals surface area contributed by atoms with Crippen LogP contribution in [0.25, 0.3) is 11.0 Å². The molecule has 2 aromatic heterocycles. The highest BCUT2D eigenvalue weighted by Crippen LogP contribution is 2.37. The Balaban J connectivity index is 1.88. The molecular weight excluding hydrogens is 380 g/mol. The van der Waals surface area contributed by atoms with E-state index >= 15 is 0 Å². The molecule has 3 aromatic rings. The summed E-state index contributed by atoms with van der Waals surface area (Å²) in [5.41, 5.74) is -0.438. The molecule has 1 unspecified atom stereocenters. The molecule has 0 aliphatic carbocycles. The van der Waals surface area contributed by atoms with Crippen molar-refractivity contribution in [1.29, 1.82) is 0 Å². The maximum absolute atomic E-state index is 13.5. The van der Waals surface area contributed by atoms with E-state index in [4.69, 9.17) is 4.74 Å². The zero-order chi connectivity index (χ0) is 20.6. The minimum Gasteiger partial charge on any atom is -0.464 e. The molecule has 2 heterocycles. The molecule has 0 aliphatic heterocycles. The number of carbonyl (C=O) groups excluding carboxylic acids is 1. The van der Waals surface area contributed by atoms with Crippen LogP contribution in [0.15, 0.2) is 30.3 Å². The summed E-state index contributed by atoms with van der Waals surface area (Å²) >= 11 is 0. The van der Waals surface area contributed by atoms with E-state index in [1.165, 1.54) is 37.7 Å². The average molecular weight is 396 g/mol. The lowest BCUT2D eigenvalue weighted by atomic mass is 10.1. The summed E-state index contributed by atoms with van der Waals surface area (Å²) in [6.07, 6.45) is -5.79. The van der Waals surface area contributed by atoms with E-state index in [-0.39, 0.29) is 22.6 Å². The smallest absolute Gasteiger partial charge is 0.417 e. The van der Waals surface area contributed by atoms with Crippen molar-refractivity contribution in [2.24, 2.45) is 7.05 Å². The van der Waals surface area contributed by atoms with Gasteiger partial charge in [-0.1, -0.05) is 0 Å². The van der Waals surface area contributed by atoms with Crippen molar-refractivity contribution in [2.75, 3.05) is 5.32 Å². The van der Waals surface area contributed by atoms with Crippen LogP contribution in [0, 0.1) is 12.7 Å². The molecule has 1 amide bonds. The normalized spacial score (nSPS) is 12.8. The van der Waals surface area contributed by atoms with Gasteiger partial charge >= 0.3 is 6.18 Å². The average Bonchev–Trinajstić information content (AvgIpc) is 2.89. The molecule has 1 N–H and O–H groups in total. The zero-order valence-electron chi connectivity index (χ0n) is 15.1. The summed E-state index contributed by atoms with van der Waals surface area (Å²) in [4.78, 5) is 16.3. The van der Waals surface area contributed by atoms with Gasteiger partial charge in [-0.15, -0.1) is 0 Å². The molecule has 1 atom stereocenters. The molecular formula is C18H16F4N4O2. The van der Waals surface area contributed by atoms with Crippen LogP contribution in [0.2, 0.25) is 0 Å².